The first kappa shape index (κ1) is 11.7. The van der Waals surface area contributed by atoms with Gasteiger partial charge in [0.1, 0.15) is 0 Å². The Bertz CT molecular complexity index is 361. The maximum absolute atomic E-state index is 11.2. The standard InChI is InChI=1S/C12H18N2O/c1-8-4-5-10(6-9(8)2)11(13)7-12(15)14-3/h4-6,11H,7,13H2,1-3H3,(H,14,15). The number of aryl methyl sites for hydroxylation is 2. The van der Waals surface area contributed by atoms with Crippen molar-refractivity contribution in [1.82, 2.24) is 5.32 Å². The van der Waals surface area contributed by atoms with E-state index in [1.807, 2.05) is 25.1 Å². The van der Waals surface area contributed by atoms with Crippen molar-refractivity contribution in [2.75, 3.05) is 7.05 Å². The van der Waals surface area contributed by atoms with Crippen molar-refractivity contribution in [3.05, 3.63) is 34.9 Å². The van der Waals surface area contributed by atoms with Crippen LogP contribution in [0.1, 0.15) is 29.2 Å². The fraction of sp³-hybridized carbons (Fsp3) is 0.417. The molecule has 1 atom stereocenters. The molecular weight excluding hydrogens is 188 g/mol. The maximum atomic E-state index is 11.2. The number of carbonyl (C=O) groups is 1. The Balaban J connectivity index is 2.78. The van der Waals surface area contributed by atoms with Crippen LogP contribution in [-0.2, 0) is 4.79 Å². The predicted octanol–water partition coefficient (Wildman–Crippen LogP) is 1.44. The number of amides is 1. The molecule has 1 aromatic carbocycles. The van der Waals surface area contributed by atoms with Crippen molar-refractivity contribution >= 4 is 5.91 Å². The van der Waals surface area contributed by atoms with Crippen LogP contribution >= 0.6 is 0 Å². The summed E-state index contributed by atoms with van der Waals surface area (Å²) in [7, 11) is 1.62. The molecule has 15 heavy (non-hydrogen) atoms. The average molecular weight is 206 g/mol. The highest BCUT2D eigenvalue weighted by Crippen LogP contribution is 2.17. The molecule has 3 nitrogen and oxygen atoms in total. The van der Waals surface area contributed by atoms with E-state index in [2.05, 4.69) is 12.2 Å². The molecule has 0 bridgehead atoms. The van der Waals surface area contributed by atoms with Crippen LogP contribution in [0.5, 0.6) is 0 Å². The van der Waals surface area contributed by atoms with Gasteiger partial charge in [-0.3, -0.25) is 4.79 Å². The largest absolute Gasteiger partial charge is 0.359 e. The summed E-state index contributed by atoms with van der Waals surface area (Å²) in [6.07, 6.45) is 0.332. The zero-order valence-corrected chi connectivity index (χ0v) is 9.50. The molecule has 0 radical (unpaired) electrons. The number of nitrogens with two attached hydrogens (primary N) is 1. The lowest BCUT2D eigenvalue weighted by atomic mass is 9.99. The SMILES string of the molecule is CNC(=O)CC(N)c1ccc(C)c(C)c1. The van der Waals surface area contributed by atoms with Crippen molar-refractivity contribution in [2.45, 2.75) is 26.3 Å². The molecule has 0 heterocycles. The van der Waals surface area contributed by atoms with Crippen molar-refractivity contribution in [2.24, 2.45) is 5.73 Å². The quantitative estimate of drug-likeness (QED) is 0.786. The topological polar surface area (TPSA) is 55.1 Å². The third-order valence-electron chi connectivity index (χ3n) is 2.64. The van der Waals surface area contributed by atoms with Crippen LogP contribution in [-0.4, -0.2) is 13.0 Å². The number of hydrogen-bond donors (Lipinski definition) is 2. The zero-order valence-electron chi connectivity index (χ0n) is 9.50. The summed E-state index contributed by atoms with van der Waals surface area (Å²) in [5.74, 6) is -0.0271. The molecular formula is C12H18N2O. The molecule has 1 rings (SSSR count). The molecule has 0 fully saturated rings. The number of benzene rings is 1. The summed E-state index contributed by atoms with van der Waals surface area (Å²) in [6.45, 7) is 4.11. The Kier molecular flexibility index (Phi) is 3.86. The van der Waals surface area contributed by atoms with Gasteiger partial charge in [0.05, 0.1) is 0 Å². The van der Waals surface area contributed by atoms with E-state index in [1.54, 1.807) is 7.05 Å². The second-order valence-electron chi connectivity index (χ2n) is 3.83. The van der Waals surface area contributed by atoms with E-state index < -0.39 is 0 Å². The summed E-state index contributed by atoms with van der Waals surface area (Å²) >= 11 is 0. The van der Waals surface area contributed by atoms with Gasteiger partial charge in [0.25, 0.3) is 0 Å². The lowest BCUT2D eigenvalue weighted by molar-refractivity contribution is -0.120. The van der Waals surface area contributed by atoms with Gasteiger partial charge in [-0.25, -0.2) is 0 Å². The molecule has 0 saturated heterocycles. The van der Waals surface area contributed by atoms with Crippen LogP contribution in [0.25, 0.3) is 0 Å². The minimum atomic E-state index is -0.218. The van der Waals surface area contributed by atoms with E-state index in [4.69, 9.17) is 5.73 Å². The fourth-order valence-electron chi connectivity index (χ4n) is 1.41. The van der Waals surface area contributed by atoms with E-state index >= 15 is 0 Å². The summed E-state index contributed by atoms with van der Waals surface area (Å²) in [5.41, 5.74) is 9.39. The molecule has 0 aliphatic carbocycles. The third-order valence-corrected chi connectivity index (χ3v) is 2.64. The Labute approximate surface area is 90.7 Å². The van der Waals surface area contributed by atoms with Crippen molar-refractivity contribution in [1.29, 1.82) is 0 Å². The van der Waals surface area contributed by atoms with Gasteiger partial charge in [0.15, 0.2) is 0 Å². The summed E-state index contributed by atoms with van der Waals surface area (Å²) in [5, 5.41) is 2.57. The van der Waals surface area contributed by atoms with Gasteiger partial charge in [-0.05, 0) is 30.5 Å². The number of nitrogens with one attached hydrogen (secondary N) is 1. The van der Waals surface area contributed by atoms with E-state index in [9.17, 15) is 4.79 Å². The van der Waals surface area contributed by atoms with Gasteiger partial charge < -0.3 is 11.1 Å². The Morgan fingerprint density at radius 2 is 2.07 bits per heavy atom. The third kappa shape index (κ3) is 3.06. The highest BCUT2D eigenvalue weighted by atomic mass is 16.1. The summed E-state index contributed by atoms with van der Waals surface area (Å²) in [4.78, 5) is 11.2. The van der Waals surface area contributed by atoms with Crippen LogP contribution in [0, 0.1) is 13.8 Å². The Hall–Kier alpha value is -1.35. The summed E-state index contributed by atoms with van der Waals surface area (Å²) < 4.78 is 0. The minimum absolute atomic E-state index is 0.0271. The average Bonchev–Trinajstić information content (AvgIpc) is 2.21. The highest BCUT2D eigenvalue weighted by Gasteiger charge is 2.10. The first-order valence-electron chi connectivity index (χ1n) is 5.08. The molecule has 1 amide bonds. The van der Waals surface area contributed by atoms with Crippen LogP contribution in [0.15, 0.2) is 18.2 Å². The van der Waals surface area contributed by atoms with E-state index in [1.165, 1.54) is 11.1 Å². The van der Waals surface area contributed by atoms with Crippen molar-refractivity contribution < 1.29 is 4.79 Å². The molecule has 0 aromatic heterocycles. The minimum Gasteiger partial charge on any atom is -0.359 e. The van der Waals surface area contributed by atoms with E-state index in [0.29, 0.717) is 6.42 Å². The first-order chi connectivity index (χ1) is 7.04. The molecule has 1 unspecified atom stereocenters. The van der Waals surface area contributed by atoms with E-state index in [-0.39, 0.29) is 11.9 Å². The number of rotatable bonds is 3. The smallest absolute Gasteiger partial charge is 0.221 e. The number of carbonyl (C=O) groups excluding carboxylic acids is 1. The normalized spacial score (nSPS) is 12.3. The second kappa shape index (κ2) is 4.94. The van der Waals surface area contributed by atoms with Crippen molar-refractivity contribution in [3.63, 3.8) is 0 Å². The predicted molar refractivity (Wildman–Crippen MR) is 61.5 cm³/mol. The first-order valence-corrected chi connectivity index (χ1v) is 5.08. The summed E-state index contributed by atoms with van der Waals surface area (Å²) in [6, 6.07) is 5.84. The van der Waals surface area contributed by atoms with Gasteiger partial charge in [0.2, 0.25) is 5.91 Å². The molecule has 3 heteroatoms. The molecule has 3 N–H and O–H groups in total. The maximum Gasteiger partial charge on any atom is 0.221 e. The molecule has 0 aliphatic heterocycles. The van der Waals surface area contributed by atoms with Crippen molar-refractivity contribution in [3.8, 4) is 0 Å². The molecule has 0 aliphatic rings. The number of hydrogen-bond acceptors (Lipinski definition) is 2. The zero-order chi connectivity index (χ0) is 11.4. The lowest BCUT2D eigenvalue weighted by Gasteiger charge is -2.12. The van der Waals surface area contributed by atoms with Crippen LogP contribution in [0.2, 0.25) is 0 Å². The van der Waals surface area contributed by atoms with E-state index in [0.717, 1.165) is 5.56 Å². The van der Waals surface area contributed by atoms with Gasteiger partial charge in [-0.15, -0.1) is 0 Å². The molecule has 0 spiro atoms. The van der Waals surface area contributed by atoms with Crippen LogP contribution in [0.3, 0.4) is 0 Å². The van der Waals surface area contributed by atoms with Gasteiger partial charge in [0, 0.05) is 19.5 Å². The molecule has 0 saturated carbocycles. The Morgan fingerprint density at radius 1 is 1.40 bits per heavy atom. The van der Waals surface area contributed by atoms with Crippen LogP contribution < -0.4 is 11.1 Å². The molecule has 82 valence electrons. The lowest BCUT2D eigenvalue weighted by Crippen LogP contribution is -2.24. The highest BCUT2D eigenvalue weighted by molar-refractivity contribution is 5.76. The van der Waals surface area contributed by atoms with Gasteiger partial charge >= 0.3 is 0 Å². The Morgan fingerprint density at radius 3 is 2.60 bits per heavy atom. The monoisotopic (exact) mass is 206 g/mol. The van der Waals surface area contributed by atoms with Gasteiger partial charge in [-0.1, -0.05) is 18.2 Å². The van der Waals surface area contributed by atoms with Gasteiger partial charge in [-0.2, -0.15) is 0 Å². The van der Waals surface area contributed by atoms with Crippen LogP contribution in [0.4, 0.5) is 0 Å². The molecule has 1 aromatic rings. The second-order valence-corrected chi connectivity index (χ2v) is 3.83. The fourth-order valence-corrected chi connectivity index (χ4v) is 1.41.